The molecule has 7 nitrogen and oxygen atoms in total. The van der Waals surface area contributed by atoms with Gasteiger partial charge in [0.1, 0.15) is 11.5 Å². The summed E-state index contributed by atoms with van der Waals surface area (Å²) in [7, 11) is 1.83. The van der Waals surface area contributed by atoms with Gasteiger partial charge in [-0.2, -0.15) is 0 Å². The Bertz CT molecular complexity index is 1170. The average molecular weight is 507 g/mol. The molecule has 1 saturated heterocycles. The Balaban J connectivity index is 1.42. The molecule has 2 saturated carbocycles. The van der Waals surface area contributed by atoms with Crippen molar-refractivity contribution in [1.29, 1.82) is 0 Å². The number of likely N-dealkylation sites (tertiary alicyclic amines) is 1. The lowest BCUT2D eigenvalue weighted by Crippen LogP contribution is -2.68. The van der Waals surface area contributed by atoms with Crippen molar-refractivity contribution in [3.8, 4) is 5.75 Å². The molecule has 1 aliphatic heterocycles. The first kappa shape index (κ1) is 25.7. The highest BCUT2D eigenvalue weighted by atomic mass is 16.5. The lowest BCUT2D eigenvalue weighted by atomic mass is 9.55. The standard InChI is InChI=1S/C30H38N2O5/c1-21-24(12-16-36-21)9-10-28(34)31-26-11-13-30(35-3)20-32(19-23-7-8-23)15-14-29(30,18-26)25-5-4-6-27(17-25)37-22(2)33/h4-6,9-10,12,16-17,23,26H,7-8,11,13-15,18-20H2,1-3H3,(H,31,34)/t26-,29-,30-/m0/s1. The van der Waals surface area contributed by atoms with E-state index in [-0.39, 0.29) is 28.9 Å². The van der Waals surface area contributed by atoms with Gasteiger partial charge in [0.05, 0.1) is 11.9 Å². The van der Waals surface area contributed by atoms with E-state index in [1.54, 1.807) is 18.4 Å². The van der Waals surface area contributed by atoms with Gasteiger partial charge in [-0.3, -0.25) is 9.59 Å². The molecule has 1 aromatic carbocycles. The number of esters is 1. The summed E-state index contributed by atoms with van der Waals surface area (Å²) in [5.74, 6) is 1.71. The second-order valence-corrected chi connectivity index (χ2v) is 11.0. The Morgan fingerprint density at radius 2 is 2.05 bits per heavy atom. The molecule has 7 heteroatoms. The Labute approximate surface area is 219 Å². The third-order valence-electron chi connectivity index (χ3n) is 8.61. The van der Waals surface area contributed by atoms with E-state index in [1.165, 1.54) is 19.8 Å². The summed E-state index contributed by atoms with van der Waals surface area (Å²) in [4.78, 5) is 27.2. The zero-order valence-corrected chi connectivity index (χ0v) is 22.1. The molecule has 0 radical (unpaired) electrons. The number of hydrogen-bond acceptors (Lipinski definition) is 6. The fraction of sp³-hybridized carbons (Fsp3) is 0.533. The summed E-state index contributed by atoms with van der Waals surface area (Å²) >= 11 is 0. The number of carbonyl (C=O) groups is 2. The molecular formula is C30H38N2O5. The van der Waals surface area contributed by atoms with Gasteiger partial charge in [0.15, 0.2) is 0 Å². The van der Waals surface area contributed by atoms with Crippen molar-refractivity contribution in [2.24, 2.45) is 5.92 Å². The van der Waals surface area contributed by atoms with E-state index in [2.05, 4.69) is 16.3 Å². The minimum absolute atomic E-state index is 0.0123. The molecule has 1 aromatic heterocycles. The van der Waals surface area contributed by atoms with Gasteiger partial charge in [0.2, 0.25) is 5.91 Å². The number of methoxy groups -OCH3 is 1. The zero-order chi connectivity index (χ0) is 26.0. The van der Waals surface area contributed by atoms with Crippen molar-refractivity contribution < 1.29 is 23.5 Å². The van der Waals surface area contributed by atoms with E-state index in [0.29, 0.717) is 5.75 Å². The number of benzene rings is 1. The van der Waals surface area contributed by atoms with Crippen LogP contribution in [-0.4, -0.2) is 55.2 Å². The number of nitrogens with one attached hydrogen (secondary N) is 1. The number of fused-ring (bicyclic) bond motifs is 1. The molecule has 3 atom stereocenters. The van der Waals surface area contributed by atoms with Gasteiger partial charge in [-0.1, -0.05) is 12.1 Å². The number of hydrogen-bond donors (Lipinski definition) is 1. The third-order valence-corrected chi connectivity index (χ3v) is 8.61. The fourth-order valence-electron chi connectivity index (χ4n) is 6.54. The summed E-state index contributed by atoms with van der Waals surface area (Å²) in [6, 6.07) is 9.77. The minimum atomic E-state index is -0.375. The van der Waals surface area contributed by atoms with Gasteiger partial charge in [-0.25, -0.2) is 0 Å². The normalized spacial score (nSPS) is 28.1. The number of furan rings is 1. The summed E-state index contributed by atoms with van der Waals surface area (Å²) in [6.07, 6.45) is 11.0. The van der Waals surface area contributed by atoms with Crippen LogP contribution >= 0.6 is 0 Å². The topological polar surface area (TPSA) is 81.0 Å². The van der Waals surface area contributed by atoms with Crippen molar-refractivity contribution in [3.05, 3.63) is 59.6 Å². The van der Waals surface area contributed by atoms with Crippen LogP contribution in [0.4, 0.5) is 0 Å². The summed E-state index contributed by atoms with van der Waals surface area (Å²) < 4.78 is 17.3. The maximum atomic E-state index is 12.9. The van der Waals surface area contributed by atoms with Crippen LogP contribution in [-0.2, 0) is 19.7 Å². The van der Waals surface area contributed by atoms with Crippen LogP contribution in [0.15, 0.2) is 47.1 Å². The van der Waals surface area contributed by atoms with E-state index in [0.717, 1.165) is 68.1 Å². The lowest BCUT2D eigenvalue weighted by molar-refractivity contribution is -0.150. The van der Waals surface area contributed by atoms with E-state index >= 15 is 0 Å². The number of aryl methyl sites for hydroxylation is 1. The van der Waals surface area contributed by atoms with Crippen LogP contribution in [0.2, 0.25) is 0 Å². The third kappa shape index (κ3) is 5.39. The number of ether oxygens (including phenoxy) is 2. The van der Waals surface area contributed by atoms with E-state index in [1.807, 2.05) is 38.3 Å². The van der Waals surface area contributed by atoms with E-state index in [9.17, 15) is 9.59 Å². The van der Waals surface area contributed by atoms with Crippen LogP contribution in [0.5, 0.6) is 5.75 Å². The van der Waals surface area contributed by atoms with Gasteiger partial charge in [0, 0.05) is 50.2 Å². The van der Waals surface area contributed by atoms with Crippen LogP contribution < -0.4 is 10.1 Å². The Kier molecular flexibility index (Phi) is 7.28. The quantitative estimate of drug-likeness (QED) is 0.319. The van der Waals surface area contributed by atoms with Crippen molar-refractivity contribution >= 4 is 18.0 Å². The average Bonchev–Trinajstić information content (AvgIpc) is 3.60. The number of piperidine rings is 1. The molecule has 5 rings (SSSR count). The predicted octanol–water partition coefficient (Wildman–Crippen LogP) is 4.63. The van der Waals surface area contributed by atoms with E-state index < -0.39 is 0 Å². The first-order valence-electron chi connectivity index (χ1n) is 13.4. The Morgan fingerprint density at radius 3 is 2.76 bits per heavy atom. The molecule has 1 amide bonds. The van der Waals surface area contributed by atoms with E-state index in [4.69, 9.17) is 13.9 Å². The second-order valence-electron chi connectivity index (χ2n) is 11.0. The molecule has 2 aromatic rings. The van der Waals surface area contributed by atoms with Crippen molar-refractivity contribution in [3.63, 3.8) is 0 Å². The molecule has 1 N–H and O–H groups in total. The van der Waals surface area contributed by atoms with Gasteiger partial charge in [-0.15, -0.1) is 0 Å². The first-order chi connectivity index (χ1) is 17.8. The first-order valence-corrected chi connectivity index (χ1v) is 13.4. The summed E-state index contributed by atoms with van der Waals surface area (Å²) in [5, 5.41) is 3.26. The van der Waals surface area contributed by atoms with Crippen LogP contribution in [0.1, 0.15) is 62.3 Å². The molecule has 37 heavy (non-hydrogen) atoms. The number of rotatable bonds is 8. The van der Waals surface area contributed by atoms with Gasteiger partial charge in [-0.05, 0) is 87.7 Å². The van der Waals surface area contributed by atoms with Gasteiger partial charge < -0.3 is 24.1 Å². The highest BCUT2D eigenvalue weighted by molar-refractivity contribution is 5.92. The van der Waals surface area contributed by atoms with Crippen molar-refractivity contribution in [2.45, 2.75) is 69.4 Å². The zero-order valence-electron chi connectivity index (χ0n) is 22.1. The molecule has 2 aliphatic carbocycles. The van der Waals surface area contributed by atoms with Crippen molar-refractivity contribution in [1.82, 2.24) is 10.2 Å². The monoisotopic (exact) mass is 506 g/mol. The predicted molar refractivity (Wildman–Crippen MR) is 141 cm³/mol. The molecule has 3 fully saturated rings. The number of amides is 1. The maximum Gasteiger partial charge on any atom is 0.308 e. The summed E-state index contributed by atoms with van der Waals surface area (Å²) in [5.41, 5.74) is 1.33. The van der Waals surface area contributed by atoms with Gasteiger partial charge in [0.25, 0.3) is 0 Å². The second kappa shape index (κ2) is 10.5. The lowest BCUT2D eigenvalue weighted by Gasteiger charge is -2.60. The fourth-order valence-corrected chi connectivity index (χ4v) is 6.54. The Morgan fingerprint density at radius 1 is 1.22 bits per heavy atom. The molecular weight excluding hydrogens is 468 g/mol. The Hall–Kier alpha value is -2.90. The summed E-state index contributed by atoms with van der Waals surface area (Å²) in [6.45, 7) is 6.29. The molecule has 3 aliphatic rings. The minimum Gasteiger partial charge on any atom is -0.469 e. The molecule has 0 spiro atoms. The smallest absolute Gasteiger partial charge is 0.308 e. The number of nitrogens with zero attached hydrogens (tertiary/aromatic N) is 1. The highest BCUT2D eigenvalue weighted by Crippen LogP contribution is 2.54. The van der Waals surface area contributed by atoms with Crippen LogP contribution in [0, 0.1) is 12.8 Å². The number of carbonyl (C=O) groups excluding carboxylic acids is 2. The molecule has 198 valence electrons. The molecule has 0 unspecified atom stereocenters. The van der Waals surface area contributed by atoms with Crippen molar-refractivity contribution in [2.75, 3.05) is 26.7 Å². The SMILES string of the molecule is CO[C@]12CC[C@H](NC(=O)C=Cc3ccoc3C)C[C@]1(c1cccc(OC(C)=O)c1)CCN(CC1CC1)C2. The molecule has 2 heterocycles. The van der Waals surface area contributed by atoms with Crippen LogP contribution in [0.3, 0.4) is 0 Å². The maximum absolute atomic E-state index is 12.9. The van der Waals surface area contributed by atoms with Crippen LogP contribution in [0.25, 0.3) is 6.08 Å². The molecule has 0 bridgehead atoms. The highest BCUT2D eigenvalue weighted by Gasteiger charge is 2.59. The van der Waals surface area contributed by atoms with Gasteiger partial charge >= 0.3 is 5.97 Å². The largest absolute Gasteiger partial charge is 0.469 e.